The zero-order chi connectivity index (χ0) is 18.7. The average Bonchev–Trinajstić information content (AvgIpc) is 2.95. The third kappa shape index (κ3) is 4.28. The van der Waals surface area contributed by atoms with Crippen LogP contribution in [0.4, 0.5) is 0 Å². The molecule has 7 nitrogen and oxygen atoms in total. The molecule has 1 N–H and O–H groups in total. The SMILES string of the molecule is CN(C)C(=O)CC1(O)CCCN(Cc2cn(C)nc2-c2cccnc2)C1. The van der Waals surface area contributed by atoms with Gasteiger partial charge in [0.05, 0.1) is 17.7 Å². The molecule has 2 aromatic heterocycles. The van der Waals surface area contributed by atoms with E-state index in [1.54, 1.807) is 25.2 Å². The second kappa shape index (κ2) is 7.55. The fourth-order valence-corrected chi connectivity index (χ4v) is 3.56. The van der Waals surface area contributed by atoms with Gasteiger partial charge >= 0.3 is 0 Å². The Hall–Kier alpha value is -2.25. The van der Waals surface area contributed by atoms with Crippen molar-refractivity contribution in [2.45, 2.75) is 31.4 Å². The van der Waals surface area contributed by atoms with Crippen LogP contribution in [0.15, 0.2) is 30.7 Å². The number of aliphatic hydroxyl groups is 1. The van der Waals surface area contributed by atoms with Crippen LogP contribution in [0.2, 0.25) is 0 Å². The van der Waals surface area contributed by atoms with Gasteiger partial charge in [-0.1, -0.05) is 0 Å². The lowest BCUT2D eigenvalue weighted by molar-refractivity contribution is -0.136. The lowest BCUT2D eigenvalue weighted by Gasteiger charge is -2.39. The lowest BCUT2D eigenvalue weighted by atomic mass is 9.89. The number of hydrogen-bond acceptors (Lipinski definition) is 5. The number of likely N-dealkylation sites (tertiary alicyclic amines) is 1. The van der Waals surface area contributed by atoms with Crippen molar-refractivity contribution in [3.63, 3.8) is 0 Å². The third-order valence-corrected chi connectivity index (χ3v) is 4.85. The number of nitrogens with zero attached hydrogens (tertiary/aromatic N) is 5. The van der Waals surface area contributed by atoms with Crippen molar-refractivity contribution in [1.29, 1.82) is 0 Å². The van der Waals surface area contributed by atoms with Crippen LogP contribution in [0, 0.1) is 0 Å². The number of β-amino-alcohol motifs (C(OH)–C–C–N with tert-alkyl or cyclic N) is 1. The van der Waals surface area contributed by atoms with Crippen molar-refractivity contribution < 1.29 is 9.90 Å². The lowest BCUT2D eigenvalue weighted by Crippen LogP contribution is -2.50. The summed E-state index contributed by atoms with van der Waals surface area (Å²) in [4.78, 5) is 20.0. The molecule has 0 aliphatic carbocycles. The minimum Gasteiger partial charge on any atom is -0.388 e. The summed E-state index contributed by atoms with van der Waals surface area (Å²) in [5.74, 6) is -0.0354. The van der Waals surface area contributed by atoms with Gasteiger partial charge in [0.25, 0.3) is 0 Å². The molecule has 2 aromatic rings. The summed E-state index contributed by atoms with van der Waals surface area (Å²) in [5.41, 5.74) is 2.04. The van der Waals surface area contributed by atoms with Crippen LogP contribution in [-0.4, -0.2) is 68.4 Å². The number of aromatic nitrogens is 3. The van der Waals surface area contributed by atoms with Crippen LogP contribution < -0.4 is 0 Å². The average molecular weight is 357 g/mol. The molecular formula is C19H27N5O2. The Balaban J connectivity index is 1.74. The molecule has 1 amide bonds. The largest absolute Gasteiger partial charge is 0.388 e. The molecule has 0 bridgehead atoms. The van der Waals surface area contributed by atoms with E-state index >= 15 is 0 Å². The first-order valence-corrected chi connectivity index (χ1v) is 8.94. The highest BCUT2D eigenvalue weighted by Crippen LogP contribution is 2.28. The summed E-state index contributed by atoms with van der Waals surface area (Å²) >= 11 is 0. The van der Waals surface area contributed by atoms with Crippen molar-refractivity contribution >= 4 is 5.91 Å². The first-order valence-electron chi connectivity index (χ1n) is 8.94. The number of amides is 1. The van der Waals surface area contributed by atoms with Gasteiger partial charge in [-0.25, -0.2) is 0 Å². The van der Waals surface area contributed by atoms with Gasteiger partial charge in [-0.05, 0) is 31.5 Å². The molecule has 140 valence electrons. The molecule has 1 fully saturated rings. The first-order chi connectivity index (χ1) is 12.4. The number of carbonyl (C=O) groups excluding carboxylic acids is 1. The monoisotopic (exact) mass is 357 g/mol. The van der Waals surface area contributed by atoms with Crippen molar-refractivity contribution in [2.75, 3.05) is 27.2 Å². The van der Waals surface area contributed by atoms with Gasteiger partial charge in [0.2, 0.25) is 5.91 Å². The third-order valence-electron chi connectivity index (χ3n) is 4.85. The molecule has 26 heavy (non-hydrogen) atoms. The quantitative estimate of drug-likeness (QED) is 0.873. The molecule has 0 radical (unpaired) electrons. The van der Waals surface area contributed by atoms with Gasteiger partial charge in [0.1, 0.15) is 0 Å². The van der Waals surface area contributed by atoms with Crippen LogP contribution >= 0.6 is 0 Å². The van der Waals surface area contributed by atoms with E-state index in [2.05, 4.69) is 15.0 Å². The first kappa shape index (κ1) is 18.5. The van der Waals surface area contributed by atoms with E-state index in [1.165, 1.54) is 0 Å². The summed E-state index contributed by atoms with van der Waals surface area (Å²) in [6.07, 6.45) is 7.28. The Morgan fingerprint density at radius 3 is 2.92 bits per heavy atom. The minimum absolute atomic E-state index is 0.0354. The maximum absolute atomic E-state index is 12.1. The number of rotatable bonds is 5. The van der Waals surface area contributed by atoms with Crippen LogP contribution in [-0.2, 0) is 18.4 Å². The molecule has 0 aromatic carbocycles. The summed E-state index contributed by atoms with van der Waals surface area (Å²) in [7, 11) is 5.36. The van der Waals surface area contributed by atoms with E-state index in [9.17, 15) is 9.90 Å². The Kier molecular flexibility index (Phi) is 5.38. The second-order valence-corrected chi connectivity index (χ2v) is 7.42. The molecule has 3 rings (SSSR count). The number of hydrogen-bond donors (Lipinski definition) is 1. The van der Waals surface area contributed by atoms with E-state index in [4.69, 9.17) is 0 Å². The summed E-state index contributed by atoms with van der Waals surface area (Å²) in [6, 6.07) is 3.90. The zero-order valence-corrected chi connectivity index (χ0v) is 15.7. The molecule has 1 atom stereocenters. The van der Waals surface area contributed by atoms with Gasteiger partial charge in [0, 0.05) is 63.9 Å². The molecular weight excluding hydrogens is 330 g/mol. The predicted molar refractivity (Wildman–Crippen MR) is 99.2 cm³/mol. The highest BCUT2D eigenvalue weighted by atomic mass is 16.3. The molecule has 3 heterocycles. The number of pyridine rings is 1. The van der Waals surface area contributed by atoms with E-state index in [1.807, 2.05) is 36.3 Å². The standard InChI is InChI=1S/C19H27N5O2/c1-22(2)17(25)10-19(26)7-5-9-24(14-19)13-16-12-23(3)21-18(16)15-6-4-8-20-11-15/h4,6,8,11-12,26H,5,7,9-10,13-14H2,1-3H3. The molecule has 1 saturated heterocycles. The van der Waals surface area contributed by atoms with Crippen molar-refractivity contribution in [1.82, 2.24) is 24.6 Å². The highest BCUT2D eigenvalue weighted by molar-refractivity contribution is 5.76. The molecule has 1 unspecified atom stereocenters. The van der Waals surface area contributed by atoms with Gasteiger partial charge in [-0.15, -0.1) is 0 Å². The maximum Gasteiger partial charge on any atom is 0.224 e. The maximum atomic E-state index is 12.1. The molecule has 1 aliphatic heterocycles. The van der Waals surface area contributed by atoms with Gasteiger partial charge in [-0.3, -0.25) is 19.4 Å². The Bertz CT molecular complexity index is 759. The van der Waals surface area contributed by atoms with Gasteiger partial charge in [-0.2, -0.15) is 5.10 Å². The molecule has 0 spiro atoms. The molecule has 0 saturated carbocycles. The molecule has 1 aliphatic rings. The second-order valence-electron chi connectivity index (χ2n) is 7.42. The van der Waals surface area contributed by atoms with Crippen LogP contribution in [0.1, 0.15) is 24.8 Å². The van der Waals surface area contributed by atoms with Crippen molar-refractivity contribution in [3.05, 3.63) is 36.3 Å². The number of aryl methyl sites for hydroxylation is 1. The smallest absolute Gasteiger partial charge is 0.224 e. The van der Waals surface area contributed by atoms with E-state index in [0.29, 0.717) is 19.5 Å². The normalized spacial score (nSPS) is 20.9. The van der Waals surface area contributed by atoms with Gasteiger partial charge in [0.15, 0.2) is 0 Å². The number of carbonyl (C=O) groups is 1. The summed E-state index contributed by atoms with van der Waals surface area (Å²) < 4.78 is 1.81. The Morgan fingerprint density at radius 1 is 1.42 bits per heavy atom. The van der Waals surface area contributed by atoms with Crippen molar-refractivity contribution in [3.8, 4) is 11.3 Å². The topological polar surface area (TPSA) is 74.5 Å². The minimum atomic E-state index is -0.962. The van der Waals surface area contributed by atoms with Crippen molar-refractivity contribution in [2.24, 2.45) is 7.05 Å². The van der Waals surface area contributed by atoms with Crippen LogP contribution in [0.25, 0.3) is 11.3 Å². The predicted octanol–water partition coefficient (Wildman–Crippen LogP) is 1.29. The van der Waals surface area contributed by atoms with Crippen LogP contribution in [0.5, 0.6) is 0 Å². The number of piperidine rings is 1. The fraction of sp³-hybridized carbons (Fsp3) is 0.526. The Morgan fingerprint density at radius 2 is 2.23 bits per heavy atom. The van der Waals surface area contributed by atoms with E-state index < -0.39 is 5.60 Å². The Labute approximate surface area is 154 Å². The fourth-order valence-electron chi connectivity index (χ4n) is 3.56. The summed E-state index contributed by atoms with van der Waals surface area (Å²) in [5, 5.41) is 15.5. The zero-order valence-electron chi connectivity index (χ0n) is 15.7. The van der Waals surface area contributed by atoms with E-state index in [-0.39, 0.29) is 12.3 Å². The summed E-state index contributed by atoms with van der Waals surface area (Å²) in [6.45, 7) is 2.09. The molecule has 7 heteroatoms. The highest BCUT2D eigenvalue weighted by Gasteiger charge is 2.36. The van der Waals surface area contributed by atoms with Gasteiger partial charge < -0.3 is 10.0 Å². The van der Waals surface area contributed by atoms with E-state index in [0.717, 1.165) is 29.8 Å². The van der Waals surface area contributed by atoms with Crippen LogP contribution in [0.3, 0.4) is 0 Å².